The van der Waals surface area contributed by atoms with Crippen LogP contribution in [0.2, 0.25) is 0 Å². The Balaban J connectivity index is 2.43. The third-order valence-electron chi connectivity index (χ3n) is 2.68. The van der Waals surface area contributed by atoms with Gasteiger partial charge in [0.15, 0.2) is 0 Å². The number of rotatable bonds is 1. The number of benzene rings is 1. The van der Waals surface area contributed by atoms with Crippen LogP contribution in [0.4, 0.5) is 0 Å². The number of hydrogen-bond acceptors (Lipinski definition) is 2. The molecule has 2 amide bonds. The first-order valence-corrected chi connectivity index (χ1v) is 4.53. The number of imide groups is 1. The highest BCUT2D eigenvalue weighted by molar-refractivity contribution is 6.08. The molecule has 72 valence electrons. The Morgan fingerprint density at radius 1 is 1.21 bits per heavy atom. The Kier molecular flexibility index (Phi) is 1.88. The van der Waals surface area contributed by atoms with Gasteiger partial charge in [0.1, 0.15) is 0 Å². The first kappa shape index (κ1) is 8.94. The highest BCUT2D eigenvalue weighted by atomic mass is 16.2. The summed E-state index contributed by atoms with van der Waals surface area (Å²) in [6.07, 6.45) is 0.246. The predicted molar refractivity (Wildman–Crippen MR) is 51.6 cm³/mol. The van der Waals surface area contributed by atoms with Crippen molar-refractivity contribution in [1.82, 2.24) is 5.32 Å². The molecule has 1 aliphatic rings. The molecule has 1 saturated heterocycles. The van der Waals surface area contributed by atoms with E-state index in [1.807, 2.05) is 30.3 Å². The quantitative estimate of drug-likeness (QED) is 0.670. The van der Waals surface area contributed by atoms with Crippen molar-refractivity contribution < 1.29 is 9.59 Å². The van der Waals surface area contributed by atoms with Crippen LogP contribution in [0.5, 0.6) is 0 Å². The normalized spacial score (nSPS) is 26.4. The lowest BCUT2D eigenvalue weighted by Crippen LogP contribution is -2.32. The summed E-state index contributed by atoms with van der Waals surface area (Å²) in [5.41, 5.74) is 0.210. The van der Waals surface area contributed by atoms with Gasteiger partial charge in [-0.2, -0.15) is 0 Å². The molecular formula is C11H11NO2. The van der Waals surface area contributed by atoms with E-state index in [0.717, 1.165) is 5.56 Å². The average molecular weight is 189 g/mol. The van der Waals surface area contributed by atoms with Gasteiger partial charge >= 0.3 is 0 Å². The van der Waals surface area contributed by atoms with Gasteiger partial charge in [-0.15, -0.1) is 0 Å². The van der Waals surface area contributed by atoms with Crippen molar-refractivity contribution in [2.45, 2.75) is 18.8 Å². The van der Waals surface area contributed by atoms with Crippen LogP contribution in [0.25, 0.3) is 0 Å². The summed E-state index contributed by atoms with van der Waals surface area (Å²) < 4.78 is 0. The largest absolute Gasteiger partial charge is 0.296 e. The fourth-order valence-electron chi connectivity index (χ4n) is 1.75. The van der Waals surface area contributed by atoms with Crippen LogP contribution in [0.3, 0.4) is 0 Å². The number of carbonyl (C=O) groups excluding carboxylic acids is 2. The second-order valence-electron chi connectivity index (χ2n) is 3.75. The molecule has 0 radical (unpaired) electrons. The highest BCUT2D eigenvalue weighted by Crippen LogP contribution is 2.31. The van der Waals surface area contributed by atoms with Gasteiger partial charge in [0.2, 0.25) is 11.8 Å². The maximum atomic E-state index is 11.6. The minimum Gasteiger partial charge on any atom is -0.296 e. The van der Waals surface area contributed by atoms with E-state index in [9.17, 15) is 9.59 Å². The molecular weight excluding hydrogens is 178 g/mol. The number of nitrogens with one attached hydrogen (secondary N) is 1. The average Bonchev–Trinajstić information content (AvgIpc) is 2.43. The maximum Gasteiger partial charge on any atom is 0.237 e. The molecule has 0 saturated carbocycles. The molecule has 1 aromatic carbocycles. The van der Waals surface area contributed by atoms with Crippen molar-refractivity contribution >= 4 is 11.8 Å². The summed E-state index contributed by atoms with van der Waals surface area (Å²) in [4.78, 5) is 22.7. The van der Waals surface area contributed by atoms with Gasteiger partial charge in [-0.05, 0) is 12.5 Å². The molecule has 2 rings (SSSR count). The van der Waals surface area contributed by atoms with Gasteiger partial charge in [-0.3, -0.25) is 14.9 Å². The third-order valence-corrected chi connectivity index (χ3v) is 2.68. The highest BCUT2D eigenvalue weighted by Gasteiger charge is 2.43. The van der Waals surface area contributed by atoms with Gasteiger partial charge in [0, 0.05) is 6.42 Å². The molecule has 3 heteroatoms. The van der Waals surface area contributed by atoms with E-state index in [-0.39, 0.29) is 18.2 Å². The first-order chi connectivity index (χ1) is 6.63. The summed E-state index contributed by atoms with van der Waals surface area (Å²) >= 11 is 0. The molecule has 14 heavy (non-hydrogen) atoms. The summed E-state index contributed by atoms with van der Waals surface area (Å²) in [6, 6.07) is 9.38. The molecule has 1 heterocycles. The lowest BCUT2D eigenvalue weighted by Gasteiger charge is -2.19. The lowest BCUT2D eigenvalue weighted by molar-refractivity contribution is -0.126. The molecule has 3 nitrogen and oxygen atoms in total. The van der Waals surface area contributed by atoms with Gasteiger partial charge in [-0.1, -0.05) is 30.3 Å². The molecule has 0 spiro atoms. The Morgan fingerprint density at radius 3 is 2.36 bits per heavy atom. The van der Waals surface area contributed by atoms with Crippen LogP contribution in [0.15, 0.2) is 30.3 Å². The zero-order valence-electron chi connectivity index (χ0n) is 7.91. The minimum absolute atomic E-state index is 0.193. The summed E-state index contributed by atoms with van der Waals surface area (Å²) in [5.74, 6) is -0.393. The Hall–Kier alpha value is -1.64. The Labute approximate surface area is 82.1 Å². The van der Waals surface area contributed by atoms with Crippen LogP contribution in [0.1, 0.15) is 18.9 Å². The van der Waals surface area contributed by atoms with Crippen molar-refractivity contribution in [3.63, 3.8) is 0 Å². The topological polar surface area (TPSA) is 46.2 Å². The molecule has 0 aliphatic carbocycles. The molecule has 0 aromatic heterocycles. The van der Waals surface area contributed by atoms with Gasteiger partial charge < -0.3 is 0 Å². The monoisotopic (exact) mass is 189 g/mol. The second-order valence-corrected chi connectivity index (χ2v) is 3.75. The fraction of sp³-hybridized carbons (Fsp3) is 0.273. The zero-order valence-corrected chi connectivity index (χ0v) is 7.91. The van der Waals surface area contributed by atoms with Crippen molar-refractivity contribution in [1.29, 1.82) is 0 Å². The first-order valence-electron chi connectivity index (χ1n) is 4.53. The van der Waals surface area contributed by atoms with E-state index < -0.39 is 5.41 Å². The summed E-state index contributed by atoms with van der Waals surface area (Å²) in [7, 11) is 0. The van der Waals surface area contributed by atoms with Crippen LogP contribution in [-0.4, -0.2) is 11.8 Å². The number of amides is 2. The van der Waals surface area contributed by atoms with E-state index in [4.69, 9.17) is 0 Å². The number of carbonyl (C=O) groups is 2. The molecule has 1 aliphatic heterocycles. The predicted octanol–water partition coefficient (Wildman–Crippen LogP) is 0.991. The van der Waals surface area contributed by atoms with Crippen molar-refractivity contribution in [3.05, 3.63) is 35.9 Å². The van der Waals surface area contributed by atoms with Crippen LogP contribution in [0, 0.1) is 0 Å². The van der Waals surface area contributed by atoms with E-state index in [2.05, 4.69) is 5.32 Å². The molecule has 1 aromatic rings. The SMILES string of the molecule is CC1(c2ccccc2)CC(=O)NC1=O. The fourth-order valence-corrected chi connectivity index (χ4v) is 1.75. The molecule has 1 unspecified atom stereocenters. The Morgan fingerprint density at radius 2 is 1.86 bits per heavy atom. The minimum atomic E-state index is -0.682. The van der Waals surface area contributed by atoms with Gasteiger partial charge in [0.05, 0.1) is 5.41 Å². The van der Waals surface area contributed by atoms with E-state index in [1.54, 1.807) is 6.92 Å². The van der Waals surface area contributed by atoms with Crippen molar-refractivity contribution in [2.24, 2.45) is 0 Å². The number of hydrogen-bond donors (Lipinski definition) is 1. The molecule has 0 bridgehead atoms. The van der Waals surface area contributed by atoms with E-state index >= 15 is 0 Å². The summed E-state index contributed by atoms with van der Waals surface area (Å²) in [5, 5.41) is 2.33. The van der Waals surface area contributed by atoms with Gasteiger partial charge in [0.25, 0.3) is 0 Å². The molecule has 1 atom stereocenters. The smallest absolute Gasteiger partial charge is 0.237 e. The lowest BCUT2D eigenvalue weighted by atomic mass is 9.81. The van der Waals surface area contributed by atoms with Crippen LogP contribution >= 0.6 is 0 Å². The van der Waals surface area contributed by atoms with E-state index in [0.29, 0.717) is 0 Å². The van der Waals surface area contributed by atoms with E-state index in [1.165, 1.54) is 0 Å². The van der Waals surface area contributed by atoms with Gasteiger partial charge in [-0.25, -0.2) is 0 Å². The second kappa shape index (κ2) is 2.94. The van der Waals surface area contributed by atoms with Crippen molar-refractivity contribution in [2.75, 3.05) is 0 Å². The standard InChI is InChI=1S/C11H11NO2/c1-11(7-9(13)12-10(11)14)8-5-3-2-4-6-8/h2-6H,7H2,1H3,(H,12,13,14). The van der Waals surface area contributed by atoms with Crippen molar-refractivity contribution in [3.8, 4) is 0 Å². The van der Waals surface area contributed by atoms with Crippen LogP contribution in [-0.2, 0) is 15.0 Å². The molecule has 1 fully saturated rings. The van der Waals surface area contributed by atoms with Crippen LogP contribution < -0.4 is 5.32 Å². The summed E-state index contributed by atoms with van der Waals surface area (Å²) in [6.45, 7) is 1.79. The maximum absolute atomic E-state index is 11.6. The Bertz CT molecular complexity index is 386. The molecule has 1 N–H and O–H groups in total. The third kappa shape index (κ3) is 1.21. The zero-order chi connectivity index (χ0) is 10.2.